The van der Waals surface area contributed by atoms with E-state index in [1.54, 1.807) is 18.9 Å². The Kier molecular flexibility index (Phi) is 7.22. The number of fused-ring (bicyclic) bond motifs is 1. The van der Waals surface area contributed by atoms with Crippen LogP contribution in [0.1, 0.15) is 50.3 Å². The molecule has 0 radical (unpaired) electrons. The highest BCUT2D eigenvalue weighted by Gasteiger charge is 2.39. The minimum Gasteiger partial charge on any atom is -0.384 e. The number of carbonyl (C=O) groups excluding carboxylic acids is 3. The molecule has 1 aliphatic rings. The van der Waals surface area contributed by atoms with Gasteiger partial charge >= 0.3 is 0 Å². The molecular weight excluding hydrogens is 416 g/mol. The number of likely N-dealkylation sites (N-methyl/N-ethyl adjacent to an activating group) is 1. The molecule has 0 spiro atoms. The zero-order chi connectivity index (χ0) is 24.3. The molecule has 0 fully saturated rings. The summed E-state index contributed by atoms with van der Waals surface area (Å²) in [4.78, 5) is 43.2. The van der Waals surface area contributed by atoms with Crippen LogP contribution in [-0.4, -0.2) is 52.6 Å². The van der Waals surface area contributed by atoms with Crippen LogP contribution in [0.2, 0.25) is 0 Å². The number of rotatable bonds is 7. The molecule has 7 nitrogen and oxygen atoms in total. The molecule has 2 aromatic rings. The van der Waals surface area contributed by atoms with Crippen molar-refractivity contribution in [2.24, 2.45) is 5.73 Å². The highest BCUT2D eigenvalue weighted by atomic mass is 16.2. The van der Waals surface area contributed by atoms with E-state index in [1.807, 2.05) is 69.3 Å². The number of nitrogens with two attached hydrogens (primary N) is 1. The van der Waals surface area contributed by atoms with Crippen LogP contribution in [0.15, 0.2) is 48.5 Å². The standard InChI is InChI=1S/C26H34N4O3/c1-17(24(32)29(5)26(2,3)4)30(16-19-10-8-9-18(13-19)14-27)25(33)23(31)21-15-28-22-12-7-6-11-20(21)22/h6-13,17,21,28H,14-16,27H2,1-5H3. The lowest BCUT2D eigenvalue weighted by molar-refractivity contribution is -0.152. The number of carbonyl (C=O) groups is 3. The van der Waals surface area contributed by atoms with Crippen molar-refractivity contribution < 1.29 is 14.4 Å². The van der Waals surface area contributed by atoms with Gasteiger partial charge in [-0.3, -0.25) is 14.4 Å². The second-order valence-corrected chi connectivity index (χ2v) is 9.59. The Morgan fingerprint density at radius 1 is 1.09 bits per heavy atom. The van der Waals surface area contributed by atoms with Gasteiger partial charge in [-0.2, -0.15) is 0 Å². The van der Waals surface area contributed by atoms with Crippen molar-refractivity contribution in [1.82, 2.24) is 9.80 Å². The lowest BCUT2D eigenvalue weighted by Crippen LogP contribution is -2.54. The van der Waals surface area contributed by atoms with Gasteiger partial charge in [0.2, 0.25) is 11.7 Å². The number of nitrogens with one attached hydrogen (secondary N) is 1. The molecule has 3 rings (SSSR count). The van der Waals surface area contributed by atoms with Gasteiger partial charge in [0.1, 0.15) is 6.04 Å². The van der Waals surface area contributed by atoms with Crippen molar-refractivity contribution in [3.05, 3.63) is 65.2 Å². The Labute approximate surface area is 195 Å². The molecular formula is C26H34N4O3. The van der Waals surface area contributed by atoms with Crippen molar-refractivity contribution >= 4 is 23.3 Å². The summed E-state index contributed by atoms with van der Waals surface area (Å²) in [6.45, 7) is 8.36. The Morgan fingerprint density at radius 2 is 1.76 bits per heavy atom. The summed E-state index contributed by atoms with van der Waals surface area (Å²) in [6.07, 6.45) is 0. The highest BCUT2D eigenvalue weighted by Crippen LogP contribution is 2.32. The normalized spacial score (nSPS) is 15.9. The summed E-state index contributed by atoms with van der Waals surface area (Å²) in [6, 6.07) is 14.3. The summed E-state index contributed by atoms with van der Waals surface area (Å²) >= 11 is 0. The van der Waals surface area contributed by atoms with Crippen LogP contribution in [0.3, 0.4) is 0 Å². The minimum atomic E-state index is -0.809. The van der Waals surface area contributed by atoms with Gasteiger partial charge in [0.05, 0.1) is 5.92 Å². The largest absolute Gasteiger partial charge is 0.384 e. The molecule has 7 heteroatoms. The summed E-state index contributed by atoms with van der Waals surface area (Å²) in [7, 11) is 1.72. The third-order valence-electron chi connectivity index (χ3n) is 6.36. The average molecular weight is 451 g/mol. The molecule has 0 saturated heterocycles. The van der Waals surface area contributed by atoms with Crippen LogP contribution < -0.4 is 11.1 Å². The summed E-state index contributed by atoms with van der Waals surface area (Å²) in [5, 5.41) is 3.20. The molecule has 3 N–H and O–H groups in total. The number of hydrogen-bond donors (Lipinski definition) is 2. The van der Waals surface area contributed by atoms with E-state index in [1.165, 1.54) is 4.90 Å². The lowest BCUT2D eigenvalue weighted by atomic mass is 9.95. The van der Waals surface area contributed by atoms with Gasteiger partial charge in [-0.1, -0.05) is 42.5 Å². The van der Waals surface area contributed by atoms with Crippen molar-refractivity contribution in [3.63, 3.8) is 0 Å². The lowest BCUT2D eigenvalue weighted by Gasteiger charge is -2.37. The first kappa shape index (κ1) is 24.5. The molecule has 2 atom stereocenters. The molecule has 176 valence electrons. The maximum atomic E-state index is 13.6. The molecule has 2 unspecified atom stereocenters. The van der Waals surface area contributed by atoms with Gasteiger partial charge in [-0.05, 0) is 50.5 Å². The second-order valence-electron chi connectivity index (χ2n) is 9.59. The molecule has 33 heavy (non-hydrogen) atoms. The fourth-order valence-electron chi connectivity index (χ4n) is 3.99. The number of ketones is 1. The quantitative estimate of drug-likeness (QED) is 0.633. The molecule has 1 heterocycles. The number of benzene rings is 2. The Balaban J connectivity index is 1.92. The van der Waals surface area contributed by atoms with E-state index < -0.39 is 29.2 Å². The smallest absolute Gasteiger partial charge is 0.291 e. The first-order chi connectivity index (χ1) is 15.5. The Morgan fingerprint density at radius 3 is 2.42 bits per heavy atom. The highest BCUT2D eigenvalue weighted by molar-refractivity contribution is 6.39. The number of hydrogen-bond acceptors (Lipinski definition) is 5. The monoisotopic (exact) mass is 450 g/mol. The fourth-order valence-corrected chi connectivity index (χ4v) is 3.99. The Hall–Kier alpha value is -3.19. The maximum absolute atomic E-state index is 13.6. The predicted octanol–water partition coefficient (Wildman–Crippen LogP) is 2.90. The van der Waals surface area contributed by atoms with Crippen molar-refractivity contribution in [2.75, 3.05) is 18.9 Å². The van der Waals surface area contributed by atoms with Gasteiger partial charge < -0.3 is 20.9 Å². The molecule has 0 aromatic heterocycles. The summed E-state index contributed by atoms with van der Waals surface area (Å²) in [5.41, 5.74) is 8.78. The third kappa shape index (κ3) is 5.25. The van der Waals surface area contributed by atoms with Gasteiger partial charge in [0.15, 0.2) is 0 Å². The number of para-hydroxylation sites is 1. The molecule has 2 aromatic carbocycles. The van der Waals surface area contributed by atoms with E-state index in [9.17, 15) is 14.4 Å². The van der Waals surface area contributed by atoms with Crippen LogP contribution in [0.25, 0.3) is 0 Å². The van der Waals surface area contributed by atoms with Crippen LogP contribution in [-0.2, 0) is 27.5 Å². The second kappa shape index (κ2) is 9.75. The van der Waals surface area contributed by atoms with Crippen LogP contribution in [0, 0.1) is 0 Å². The van der Waals surface area contributed by atoms with E-state index in [2.05, 4.69) is 5.32 Å². The predicted molar refractivity (Wildman–Crippen MR) is 130 cm³/mol. The number of amides is 2. The van der Waals surface area contributed by atoms with Gasteiger partial charge in [0.25, 0.3) is 5.91 Å². The van der Waals surface area contributed by atoms with Gasteiger partial charge in [-0.25, -0.2) is 0 Å². The fraction of sp³-hybridized carbons (Fsp3) is 0.423. The van der Waals surface area contributed by atoms with Crippen molar-refractivity contribution in [2.45, 2.75) is 58.3 Å². The molecule has 0 saturated carbocycles. The molecule has 0 bridgehead atoms. The minimum absolute atomic E-state index is 0.144. The third-order valence-corrected chi connectivity index (χ3v) is 6.36. The summed E-state index contributed by atoms with van der Waals surface area (Å²) < 4.78 is 0. The summed E-state index contributed by atoms with van der Waals surface area (Å²) in [5.74, 6) is -1.96. The first-order valence-corrected chi connectivity index (χ1v) is 11.3. The number of Topliss-reactive ketones (excluding diaryl/α,β-unsaturated/α-hetero) is 1. The number of anilines is 1. The van der Waals surface area contributed by atoms with Crippen LogP contribution in [0.4, 0.5) is 5.69 Å². The van der Waals surface area contributed by atoms with E-state index >= 15 is 0 Å². The van der Waals surface area contributed by atoms with Crippen molar-refractivity contribution in [1.29, 1.82) is 0 Å². The first-order valence-electron chi connectivity index (χ1n) is 11.3. The zero-order valence-corrected chi connectivity index (χ0v) is 20.1. The van der Waals surface area contributed by atoms with E-state index in [-0.39, 0.29) is 12.5 Å². The van der Waals surface area contributed by atoms with Crippen LogP contribution >= 0.6 is 0 Å². The van der Waals surface area contributed by atoms with E-state index in [0.717, 1.165) is 22.4 Å². The maximum Gasteiger partial charge on any atom is 0.291 e. The molecule has 0 aliphatic carbocycles. The van der Waals surface area contributed by atoms with Gasteiger partial charge in [0, 0.05) is 37.9 Å². The van der Waals surface area contributed by atoms with E-state index in [4.69, 9.17) is 5.73 Å². The van der Waals surface area contributed by atoms with Crippen LogP contribution in [0.5, 0.6) is 0 Å². The van der Waals surface area contributed by atoms with E-state index in [0.29, 0.717) is 13.1 Å². The SMILES string of the molecule is CC(C(=O)N(C)C(C)(C)C)N(Cc1cccc(CN)c1)C(=O)C(=O)C1CNc2ccccc21. The molecule has 2 amide bonds. The topological polar surface area (TPSA) is 95.7 Å². The number of nitrogens with zero attached hydrogens (tertiary/aromatic N) is 2. The average Bonchev–Trinajstić information content (AvgIpc) is 3.24. The zero-order valence-electron chi connectivity index (χ0n) is 20.1. The Bertz CT molecular complexity index is 1040. The molecule has 1 aliphatic heterocycles. The van der Waals surface area contributed by atoms with Crippen molar-refractivity contribution in [3.8, 4) is 0 Å². The van der Waals surface area contributed by atoms with Gasteiger partial charge in [-0.15, -0.1) is 0 Å².